The van der Waals surface area contributed by atoms with Gasteiger partial charge in [0.1, 0.15) is 5.82 Å². The summed E-state index contributed by atoms with van der Waals surface area (Å²) in [6.07, 6.45) is -4.03. The highest BCUT2D eigenvalue weighted by Gasteiger charge is 2.33. The first-order valence-corrected chi connectivity index (χ1v) is 7.25. The first-order chi connectivity index (χ1) is 10.3. The fraction of sp³-hybridized carbons (Fsp3) is 0.500. The van der Waals surface area contributed by atoms with Crippen LogP contribution < -0.4 is 5.32 Å². The summed E-state index contributed by atoms with van der Waals surface area (Å²) in [7, 11) is 0. The lowest BCUT2D eigenvalue weighted by molar-refractivity contribution is -0.137. The molecule has 6 heteroatoms. The van der Waals surface area contributed by atoms with Crippen LogP contribution in [0.15, 0.2) is 30.4 Å². The number of piperazine rings is 1. The van der Waals surface area contributed by atoms with Crippen molar-refractivity contribution in [1.82, 2.24) is 10.2 Å². The molecule has 2 rings (SSSR count). The summed E-state index contributed by atoms with van der Waals surface area (Å²) in [4.78, 5) is 2.02. The lowest BCUT2D eigenvalue weighted by Crippen LogP contribution is -2.45. The molecule has 1 fully saturated rings. The van der Waals surface area contributed by atoms with Crippen molar-refractivity contribution in [2.45, 2.75) is 25.6 Å². The van der Waals surface area contributed by atoms with E-state index in [0.29, 0.717) is 19.5 Å². The SMILES string of the molecule is C=C(C)C[C@@H](c1cc(C(F)(F)F)ccc1F)N1CCNCC1. The normalized spacial score (nSPS) is 18.2. The van der Waals surface area contributed by atoms with Gasteiger partial charge in [0.25, 0.3) is 0 Å². The minimum Gasteiger partial charge on any atom is -0.314 e. The van der Waals surface area contributed by atoms with E-state index in [4.69, 9.17) is 0 Å². The second kappa shape index (κ2) is 6.79. The molecule has 1 aromatic carbocycles. The fourth-order valence-electron chi connectivity index (χ4n) is 2.74. The number of benzene rings is 1. The first-order valence-electron chi connectivity index (χ1n) is 7.25. The molecule has 122 valence electrons. The Labute approximate surface area is 127 Å². The number of rotatable bonds is 4. The molecule has 1 saturated heterocycles. The van der Waals surface area contributed by atoms with Crippen LogP contribution in [0.3, 0.4) is 0 Å². The van der Waals surface area contributed by atoms with Crippen LogP contribution in [-0.4, -0.2) is 31.1 Å². The Morgan fingerprint density at radius 2 is 1.95 bits per heavy atom. The van der Waals surface area contributed by atoms with E-state index in [2.05, 4.69) is 11.9 Å². The third-order valence-electron chi connectivity index (χ3n) is 3.82. The quantitative estimate of drug-likeness (QED) is 0.672. The van der Waals surface area contributed by atoms with Crippen LogP contribution in [0.25, 0.3) is 0 Å². The van der Waals surface area contributed by atoms with Gasteiger partial charge in [0.05, 0.1) is 5.56 Å². The van der Waals surface area contributed by atoms with Crippen LogP contribution in [0, 0.1) is 5.82 Å². The lowest BCUT2D eigenvalue weighted by Gasteiger charge is -2.35. The highest BCUT2D eigenvalue weighted by Crippen LogP contribution is 2.35. The molecule has 0 amide bonds. The van der Waals surface area contributed by atoms with Gasteiger partial charge in [-0.3, -0.25) is 4.90 Å². The first kappa shape index (κ1) is 17.0. The molecule has 1 atom stereocenters. The van der Waals surface area contributed by atoms with E-state index in [1.165, 1.54) is 0 Å². The molecule has 0 aliphatic carbocycles. The van der Waals surface area contributed by atoms with Crippen LogP contribution in [0.1, 0.15) is 30.5 Å². The van der Waals surface area contributed by atoms with Gasteiger partial charge >= 0.3 is 6.18 Å². The van der Waals surface area contributed by atoms with Crippen LogP contribution in [0.5, 0.6) is 0 Å². The number of nitrogens with zero attached hydrogens (tertiary/aromatic N) is 1. The Balaban J connectivity index is 2.39. The fourth-order valence-corrected chi connectivity index (χ4v) is 2.74. The van der Waals surface area contributed by atoms with E-state index in [1.807, 2.05) is 4.90 Å². The van der Waals surface area contributed by atoms with E-state index >= 15 is 0 Å². The average molecular weight is 316 g/mol. The molecule has 1 N–H and O–H groups in total. The Hall–Kier alpha value is -1.40. The number of hydrogen-bond acceptors (Lipinski definition) is 2. The average Bonchev–Trinajstić information content (AvgIpc) is 2.45. The van der Waals surface area contributed by atoms with Crippen molar-refractivity contribution in [3.63, 3.8) is 0 Å². The lowest BCUT2D eigenvalue weighted by atomic mass is 9.95. The van der Waals surface area contributed by atoms with Crippen LogP contribution in [0.2, 0.25) is 0 Å². The van der Waals surface area contributed by atoms with Gasteiger partial charge in [-0.2, -0.15) is 13.2 Å². The monoisotopic (exact) mass is 316 g/mol. The number of hydrogen-bond donors (Lipinski definition) is 1. The largest absolute Gasteiger partial charge is 0.416 e. The standard InChI is InChI=1S/C16H20F4N2/c1-11(2)9-15(22-7-5-21-6-8-22)13-10-12(16(18,19)20)3-4-14(13)17/h3-4,10,15,21H,1,5-9H2,2H3/t15-/m0/s1. The van der Waals surface area contributed by atoms with Crippen molar-refractivity contribution < 1.29 is 17.6 Å². The minimum absolute atomic E-state index is 0.0970. The molecule has 0 spiro atoms. The Morgan fingerprint density at radius 3 is 2.50 bits per heavy atom. The highest BCUT2D eigenvalue weighted by atomic mass is 19.4. The maximum atomic E-state index is 14.2. The Morgan fingerprint density at radius 1 is 1.32 bits per heavy atom. The summed E-state index contributed by atoms with van der Waals surface area (Å²) in [5.41, 5.74) is 0.103. The third-order valence-corrected chi connectivity index (χ3v) is 3.82. The summed E-state index contributed by atoms with van der Waals surface area (Å²) in [5.74, 6) is -0.599. The summed E-state index contributed by atoms with van der Waals surface area (Å²) in [5, 5.41) is 3.19. The minimum atomic E-state index is -4.47. The number of alkyl halides is 3. The summed E-state index contributed by atoms with van der Waals surface area (Å²) >= 11 is 0. The smallest absolute Gasteiger partial charge is 0.314 e. The molecule has 0 radical (unpaired) electrons. The van der Waals surface area contributed by atoms with Gasteiger partial charge < -0.3 is 5.32 Å². The van der Waals surface area contributed by atoms with E-state index in [-0.39, 0.29) is 5.56 Å². The second-order valence-electron chi connectivity index (χ2n) is 5.70. The molecule has 1 heterocycles. The topological polar surface area (TPSA) is 15.3 Å². The summed E-state index contributed by atoms with van der Waals surface area (Å²) < 4.78 is 52.9. The van der Waals surface area contributed by atoms with Gasteiger partial charge in [-0.1, -0.05) is 5.57 Å². The highest BCUT2D eigenvalue weighted by molar-refractivity contribution is 5.30. The molecular weight excluding hydrogens is 296 g/mol. The van der Waals surface area contributed by atoms with E-state index < -0.39 is 23.6 Å². The molecule has 0 unspecified atom stereocenters. The predicted octanol–water partition coefficient (Wildman–Crippen LogP) is 3.76. The maximum Gasteiger partial charge on any atom is 0.416 e. The van der Waals surface area contributed by atoms with Gasteiger partial charge in [0.2, 0.25) is 0 Å². The van der Waals surface area contributed by atoms with Crippen molar-refractivity contribution in [3.05, 3.63) is 47.3 Å². The predicted molar refractivity (Wildman–Crippen MR) is 78.0 cm³/mol. The molecular formula is C16H20F4N2. The Bertz CT molecular complexity index is 533. The number of nitrogens with one attached hydrogen (secondary N) is 1. The van der Waals surface area contributed by atoms with Gasteiger partial charge in [0, 0.05) is 37.8 Å². The van der Waals surface area contributed by atoms with E-state index in [9.17, 15) is 17.6 Å². The number of halogens is 4. The third kappa shape index (κ3) is 4.08. The summed E-state index contributed by atoms with van der Waals surface area (Å²) in [6, 6.07) is 2.22. The van der Waals surface area contributed by atoms with Crippen LogP contribution in [-0.2, 0) is 6.18 Å². The van der Waals surface area contributed by atoms with E-state index in [0.717, 1.165) is 36.9 Å². The zero-order chi connectivity index (χ0) is 16.3. The molecule has 2 nitrogen and oxygen atoms in total. The Kier molecular flexibility index (Phi) is 5.24. The molecule has 22 heavy (non-hydrogen) atoms. The molecule has 1 aliphatic rings. The van der Waals surface area contributed by atoms with Crippen molar-refractivity contribution >= 4 is 0 Å². The maximum absolute atomic E-state index is 14.2. The summed E-state index contributed by atoms with van der Waals surface area (Å²) in [6.45, 7) is 8.47. The van der Waals surface area contributed by atoms with Crippen LogP contribution in [0.4, 0.5) is 17.6 Å². The molecule has 0 aromatic heterocycles. The molecule has 0 saturated carbocycles. The van der Waals surface area contributed by atoms with Crippen molar-refractivity contribution in [2.24, 2.45) is 0 Å². The van der Waals surface area contributed by atoms with E-state index in [1.54, 1.807) is 6.92 Å². The van der Waals surface area contributed by atoms with Gasteiger partial charge in [-0.05, 0) is 31.5 Å². The van der Waals surface area contributed by atoms with Crippen molar-refractivity contribution in [3.8, 4) is 0 Å². The van der Waals surface area contributed by atoms with Crippen molar-refractivity contribution in [1.29, 1.82) is 0 Å². The molecule has 0 bridgehead atoms. The zero-order valence-electron chi connectivity index (χ0n) is 12.5. The zero-order valence-corrected chi connectivity index (χ0v) is 12.5. The van der Waals surface area contributed by atoms with Gasteiger partial charge in [-0.25, -0.2) is 4.39 Å². The van der Waals surface area contributed by atoms with Gasteiger partial charge in [0.15, 0.2) is 0 Å². The van der Waals surface area contributed by atoms with Gasteiger partial charge in [-0.15, -0.1) is 6.58 Å². The molecule has 1 aliphatic heterocycles. The van der Waals surface area contributed by atoms with Crippen LogP contribution >= 0.6 is 0 Å². The second-order valence-corrected chi connectivity index (χ2v) is 5.70. The van der Waals surface area contributed by atoms with Crippen molar-refractivity contribution in [2.75, 3.05) is 26.2 Å². The molecule has 1 aromatic rings.